The molecular formula is C16H16ClN3S. The molecule has 3 rings (SSSR count). The first-order chi connectivity index (χ1) is 10.2. The van der Waals surface area contributed by atoms with E-state index < -0.39 is 0 Å². The van der Waals surface area contributed by atoms with Crippen LogP contribution in [0.5, 0.6) is 0 Å². The third kappa shape index (κ3) is 2.87. The van der Waals surface area contributed by atoms with Crippen LogP contribution in [0.3, 0.4) is 0 Å². The van der Waals surface area contributed by atoms with Crippen LogP contribution in [-0.4, -0.2) is 16.5 Å². The summed E-state index contributed by atoms with van der Waals surface area (Å²) >= 11 is 7.78. The standard InChI is InChI=1S/C16H16ClN3S/c1-3-7-18-15-12-9-11(17)4-5-13(12)19-16(20-15)14-10(2)6-8-21-14/h4-6,8-9H,3,7H2,1-2H3,(H,18,19,20). The third-order valence-corrected chi connectivity index (χ3v) is 4.51. The predicted octanol–water partition coefficient (Wildman–Crippen LogP) is 5.14. The Morgan fingerprint density at radius 1 is 1.24 bits per heavy atom. The number of thiophene rings is 1. The second-order valence-corrected chi connectivity index (χ2v) is 6.27. The summed E-state index contributed by atoms with van der Waals surface area (Å²) in [5.74, 6) is 1.63. The van der Waals surface area contributed by atoms with E-state index in [4.69, 9.17) is 16.6 Å². The Balaban J connectivity index is 2.19. The summed E-state index contributed by atoms with van der Waals surface area (Å²) in [7, 11) is 0. The van der Waals surface area contributed by atoms with E-state index in [1.807, 2.05) is 18.2 Å². The van der Waals surface area contributed by atoms with Crippen molar-refractivity contribution in [3.8, 4) is 10.7 Å². The van der Waals surface area contributed by atoms with Gasteiger partial charge in [0.1, 0.15) is 5.82 Å². The highest BCUT2D eigenvalue weighted by Crippen LogP contribution is 2.31. The lowest BCUT2D eigenvalue weighted by Crippen LogP contribution is -2.04. The fourth-order valence-corrected chi connectivity index (χ4v) is 3.21. The molecule has 0 saturated carbocycles. The average molecular weight is 318 g/mol. The predicted molar refractivity (Wildman–Crippen MR) is 91.4 cm³/mol. The number of halogens is 1. The Kier molecular flexibility index (Phi) is 4.08. The molecule has 0 radical (unpaired) electrons. The number of hydrogen-bond donors (Lipinski definition) is 1. The van der Waals surface area contributed by atoms with Crippen molar-refractivity contribution in [1.82, 2.24) is 9.97 Å². The van der Waals surface area contributed by atoms with Crippen LogP contribution in [0.2, 0.25) is 5.02 Å². The summed E-state index contributed by atoms with van der Waals surface area (Å²) in [6, 6.07) is 7.82. The van der Waals surface area contributed by atoms with Crippen molar-refractivity contribution in [3.63, 3.8) is 0 Å². The Morgan fingerprint density at radius 2 is 2.10 bits per heavy atom. The van der Waals surface area contributed by atoms with Gasteiger partial charge in [0.2, 0.25) is 0 Å². The molecule has 0 atom stereocenters. The van der Waals surface area contributed by atoms with Crippen molar-refractivity contribution < 1.29 is 0 Å². The molecule has 0 unspecified atom stereocenters. The average Bonchev–Trinajstić information content (AvgIpc) is 2.91. The van der Waals surface area contributed by atoms with Gasteiger partial charge in [0.05, 0.1) is 10.4 Å². The van der Waals surface area contributed by atoms with Crippen LogP contribution in [0.15, 0.2) is 29.6 Å². The molecule has 0 spiro atoms. The quantitative estimate of drug-likeness (QED) is 0.723. The Labute approximate surface area is 133 Å². The van der Waals surface area contributed by atoms with Crippen molar-refractivity contribution in [2.45, 2.75) is 20.3 Å². The first-order valence-corrected chi connectivity index (χ1v) is 8.20. The molecule has 2 heterocycles. The summed E-state index contributed by atoms with van der Waals surface area (Å²) in [6.07, 6.45) is 1.04. The van der Waals surface area contributed by atoms with Crippen LogP contribution in [0.4, 0.5) is 5.82 Å². The van der Waals surface area contributed by atoms with E-state index >= 15 is 0 Å². The number of nitrogens with one attached hydrogen (secondary N) is 1. The number of nitrogens with zero attached hydrogens (tertiary/aromatic N) is 2. The van der Waals surface area contributed by atoms with Crippen molar-refractivity contribution in [2.24, 2.45) is 0 Å². The van der Waals surface area contributed by atoms with Gasteiger partial charge in [-0.1, -0.05) is 18.5 Å². The van der Waals surface area contributed by atoms with E-state index in [9.17, 15) is 0 Å². The molecule has 2 aromatic heterocycles. The maximum absolute atomic E-state index is 6.11. The van der Waals surface area contributed by atoms with Gasteiger partial charge in [-0.2, -0.15) is 0 Å². The van der Waals surface area contributed by atoms with Gasteiger partial charge < -0.3 is 5.32 Å². The van der Waals surface area contributed by atoms with Crippen LogP contribution < -0.4 is 5.32 Å². The lowest BCUT2D eigenvalue weighted by Gasteiger charge is -2.10. The molecule has 0 aliphatic rings. The van der Waals surface area contributed by atoms with Gasteiger partial charge in [-0.3, -0.25) is 0 Å². The zero-order chi connectivity index (χ0) is 14.8. The lowest BCUT2D eigenvalue weighted by atomic mass is 10.2. The topological polar surface area (TPSA) is 37.8 Å². The van der Waals surface area contributed by atoms with E-state index in [0.717, 1.165) is 40.4 Å². The highest BCUT2D eigenvalue weighted by atomic mass is 35.5. The molecule has 3 aromatic rings. The SMILES string of the molecule is CCCNc1nc(-c2sccc2C)nc2ccc(Cl)cc12. The van der Waals surface area contributed by atoms with Crippen LogP contribution >= 0.6 is 22.9 Å². The number of benzene rings is 1. The van der Waals surface area contributed by atoms with Gasteiger partial charge in [-0.25, -0.2) is 9.97 Å². The monoisotopic (exact) mass is 317 g/mol. The molecule has 0 amide bonds. The number of anilines is 1. The van der Waals surface area contributed by atoms with Gasteiger partial charge >= 0.3 is 0 Å². The minimum atomic E-state index is 0.700. The van der Waals surface area contributed by atoms with Crippen molar-refractivity contribution in [3.05, 3.63) is 40.2 Å². The molecule has 0 saturated heterocycles. The number of aryl methyl sites for hydroxylation is 1. The summed E-state index contributed by atoms with van der Waals surface area (Å²) < 4.78 is 0. The molecule has 3 nitrogen and oxygen atoms in total. The molecule has 21 heavy (non-hydrogen) atoms. The van der Waals surface area contributed by atoms with Crippen LogP contribution in [0, 0.1) is 6.92 Å². The number of fused-ring (bicyclic) bond motifs is 1. The van der Waals surface area contributed by atoms with Gasteiger partial charge in [0, 0.05) is 17.0 Å². The van der Waals surface area contributed by atoms with E-state index in [2.05, 4.69) is 35.6 Å². The van der Waals surface area contributed by atoms with E-state index in [1.54, 1.807) is 11.3 Å². The molecule has 1 aromatic carbocycles. The summed E-state index contributed by atoms with van der Waals surface area (Å²) in [4.78, 5) is 10.5. The Morgan fingerprint density at radius 3 is 2.81 bits per heavy atom. The number of rotatable bonds is 4. The lowest BCUT2D eigenvalue weighted by molar-refractivity contribution is 0.970. The summed E-state index contributed by atoms with van der Waals surface area (Å²) in [5.41, 5.74) is 2.12. The largest absolute Gasteiger partial charge is 0.369 e. The van der Waals surface area contributed by atoms with Crippen molar-refractivity contribution in [2.75, 3.05) is 11.9 Å². The van der Waals surface area contributed by atoms with Gasteiger partial charge in [0.15, 0.2) is 5.82 Å². The van der Waals surface area contributed by atoms with E-state index in [1.165, 1.54) is 5.56 Å². The van der Waals surface area contributed by atoms with Crippen LogP contribution in [0.25, 0.3) is 21.6 Å². The molecule has 1 N–H and O–H groups in total. The molecule has 5 heteroatoms. The molecule has 108 valence electrons. The zero-order valence-electron chi connectivity index (χ0n) is 12.0. The first kappa shape index (κ1) is 14.3. The maximum Gasteiger partial charge on any atom is 0.172 e. The van der Waals surface area contributed by atoms with Crippen LogP contribution in [0.1, 0.15) is 18.9 Å². The van der Waals surface area contributed by atoms with Crippen molar-refractivity contribution >= 4 is 39.7 Å². The second-order valence-electron chi connectivity index (χ2n) is 4.92. The minimum absolute atomic E-state index is 0.700. The first-order valence-electron chi connectivity index (χ1n) is 6.94. The number of hydrogen-bond acceptors (Lipinski definition) is 4. The normalized spacial score (nSPS) is 11.0. The third-order valence-electron chi connectivity index (χ3n) is 3.27. The summed E-state index contributed by atoms with van der Waals surface area (Å²) in [6.45, 7) is 5.09. The highest BCUT2D eigenvalue weighted by Gasteiger charge is 2.12. The van der Waals surface area contributed by atoms with Gasteiger partial charge in [-0.15, -0.1) is 11.3 Å². The number of aromatic nitrogens is 2. The van der Waals surface area contributed by atoms with E-state index in [-0.39, 0.29) is 0 Å². The fourth-order valence-electron chi connectivity index (χ4n) is 2.18. The molecule has 0 bridgehead atoms. The van der Waals surface area contributed by atoms with Gasteiger partial charge in [0.25, 0.3) is 0 Å². The fraction of sp³-hybridized carbons (Fsp3) is 0.250. The smallest absolute Gasteiger partial charge is 0.172 e. The zero-order valence-corrected chi connectivity index (χ0v) is 13.6. The van der Waals surface area contributed by atoms with Crippen molar-refractivity contribution in [1.29, 1.82) is 0 Å². The Hall–Kier alpha value is -1.65. The molecule has 0 fully saturated rings. The molecule has 0 aliphatic heterocycles. The summed E-state index contributed by atoms with van der Waals surface area (Å²) in [5, 5.41) is 7.12. The maximum atomic E-state index is 6.11. The van der Waals surface area contributed by atoms with Crippen LogP contribution in [-0.2, 0) is 0 Å². The highest BCUT2D eigenvalue weighted by molar-refractivity contribution is 7.13. The molecule has 0 aliphatic carbocycles. The second kappa shape index (κ2) is 6.00. The molecular weight excluding hydrogens is 302 g/mol. The van der Waals surface area contributed by atoms with Gasteiger partial charge in [-0.05, 0) is 48.6 Å². The minimum Gasteiger partial charge on any atom is -0.369 e. The Bertz CT molecular complexity index is 782. The van der Waals surface area contributed by atoms with E-state index in [0.29, 0.717) is 5.02 Å².